The van der Waals surface area contributed by atoms with Crippen LogP contribution in [0.5, 0.6) is 0 Å². The molecule has 1 unspecified atom stereocenters. The molecule has 2 aromatic rings. The van der Waals surface area contributed by atoms with E-state index in [2.05, 4.69) is 21.9 Å². The minimum absolute atomic E-state index is 0.313. The molecule has 1 fully saturated rings. The molecule has 1 aliphatic heterocycles. The highest BCUT2D eigenvalue weighted by atomic mass is 16.4. The lowest BCUT2D eigenvalue weighted by atomic mass is 9.80. The number of amides is 2. The van der Waals surface area contributed by atoms with Gasteiger partial charge in [-0.3, -0.25) is 9.88 Å². The van der Waals surface area contributed by atoms with Crippen LogP contribution in [0.1, 0.15) is 24.1 Å². The lowest BCUT2D eigenvalue weighted by Crippen LogP contribution is -2.63. The van der Waals surface area contributed by atoms with E-state index in [1.165, 1.54) is 4.90 Å². The van der Waals surface area contributed by atoms with Crippen molar-refractivity contribution in [1.29, 1.82) is 0 Å². The molecule has 8 nitrogen and oxygen atoms in total. The van der Waals surface area contributed by atoms with Crippen LogP contribution in [0.2, 0.25) is 0 Å². The molecule has 3 heterocycles. The van der Waals surface area contributed by atoms with Crippen LogP contribution in [-0.4, -0.2) is 38.0 Å². The molecule has 0 bridgehead atoms. The number of pyridine rings is 2. The van der Waals surface area contributed by atoms with Gasteiger partial charge in [-0.1, -0.05) is 12.6 Å². The molecule has 0 spiro atoms. The number of nitrogens with two attached hydrogens (primary N) is 1. The van der Waals surface area contributed by atoms with Gasteiger partial charge in [-0.2, -0.15) is 0 Å². The predicted molar refractivity (Wildman–Crippen MR) is 99.4 cm³/mol. The number of aliphatic carboxylic acids is 1. The number of nitrogens with zero attached hydrogens (tertiary/aromatic N) is 3. The lowest BCUT2D eigenvalue weighted by molar-refractivity contribution is -0.147. The highest BCUT2D eigenvalue weighted by Crippen LogP contribution is 2.38. The van der Waals surface area contributed by atoms with Crippen molar-refractivity contribution in [2.24, 2.45) is 5.92 Å². The van der Waals surface area contributed by atoms with Crippen LogP contribution in [0.15, 0.2) is 55.1 Å². The second-order valence-electron chi connectivity index (χ2n) is 6.50. The topological polar surface area (TPSA) is 121 Å². The molecule has 140 valence electrons. The molecular weight excluding hydrogens is 346 g/mol. The van der Waals surface area contributed by atoms with E-state index in [-0.39, 0.29) is 12.0 Å². The summed E-state index contributed by atoms with van der Waals surface area (Å²) in [5, 5.41) is 12.4. The van der Waals surface area contributed by atoms with E-state index < -0.39 is 18.0 Å². The van der Waals surface area contributed by atoms with Gasteiger partial charge in [0.2, 0.25) is 0 Å². The van der Waals surface area contributed by atoms with Gasteiger partial charge in [0.25, 0.3) is 0 Å². The molecule has 0 aliphatic carbocycles. The van der Waals surface area contributed by atoms with Gasteiger partial charge >= 0.3 is 12.0 Å². The molecule has 3 atom stereocenters. The van der Waals surface area contributed by atoms with Gasteiger partial charge < -0.3 is 16.2 Å². The summed E-state index contributed by atoms with van der Waals surface area (Å²) in [7, 11) is 0. The van der Waals surface area contributed by atoms with Crippen molar-refractivity contribution in [3.63, 3.8) is 0 Å². The minimum atomic E-state index is -1.07. The Morgan fingerprint density at radius 3 is 2.81 bits per heavy atom. The van der Waals surface area contributed by atoms with Gasteiger partial charge in [-0.25, -0.2) is 14.6 Å². The standard InChI is InChI=1S/C19H21N5O3/c1-11(14-4-3-6-21-10-14)23-19(27)24-12(2)15(17(24)18(25)26)8-13-5-7-22-16(20)9-13/h3-7,9-11,15,17H,2,8H2,1H3,(H2,20,22)(H,23,27)(H,25,26)/t11?,15-,17-/m0/s1. The molecular formula is C19H21N5O3. The molecule has 0 saturated carbocycles. The van der Waals surface area contributed by atoms with E-state index >= 15 is 0 Å². The number of carbonyl (C=O) groups is 2. The quantitative estimate of drug-likeness (QED) is 0.743. The molecule has 2 aromatic heterocycles. The van der Waals surface area contributed by atoms with E-state index in [1.54, 1.807) is 36.8 Å². The number of rotatable bonds is 5. The fourth-order valence-corrected chi connectivity index (χ4v) is 3.25. The smallest absolute Gasteiger partial charge is 0.327 e. The molecule has 1 aliphatic rings. The van der Waals surface area contributed by atoms with Gasteiger partial charge in [-0.15, -0.1) is 0 Å². The Bertz CT molecular complexity index is 871. The Morgan fingerprint density at radius 1 is 1.41 bits per heavy atom. The molecule has 0 aromatic carbocycles. The van der Waals surface area contributed by atoms with Crippen LogP contribution >= 0.6 is 0 Å². The van der Waals surface area contributed by atoms with Crippen molar-refractivity contribution in [2.45, 2.75) is 25.4 Å². The largest absolute Gasteiger partial charge is 0.480 e. The van der Waals surface area contributed by atoms with Crippen molar-refractivity contribution in [3.8, 4) is 0 Å². The first-order chi connectivity index (χ1) is 12.9. The SMILES string of the molecule is C=C1[C@H](Cc2ccnc(N)c2)[C@@H](C(=O)O)N1C(=O)NC(C)c1cccnc1. The second kappa shape index (κ2) is 7.45. The van der Waals surface area contributed by atoms with Gasteiger partial charge in [0.1, 0.15) is 11.9 Å². The molecule has 1 saturated heterocycles. The zero-order valence-electron chi connectivity index (χ0n) is 14.9. The average molecular weight is 367 g/mol. The van der Waals surface area contributed by atoms with Gasteiger partial charge in [0, 0.05) is 30.2 Å². The summed E-state index contributed by atoms with van der Waals surface area (Å²) in [5.74, 6) is -1.09. The van der Waals surface area contributed by atoms with Crippen molar-refractivity contribution < 1.29 is 14.7 Å². The molecule has 27 heavy (non-hydrogen) atoms. The van der Waals surface area contributed by atoms with E-state index in [9.17, 15) is 14.7 Å². The van der Waals surface area contributed by atoms with Crippen LogP contribution in [0.25, 0.3) is 0 Å². The maximum Gasteiger partial charge on any atom is 0.327 e. The number of aromatic nitrogens is 2. The molecule has 8 heteroatoms. The van der Waals surface area contributed by atoms with Crippen molar-refractivity contribution in [2.75, 3.05) is 5.73 Å². The molecule has 3 rings (SSSR count). The Hall–Kier alpha value is -3.42. The zero-order chi connectivity index (χ0) is 19.6. The Labute approximate surface area is 156 Å². The van der Waals surface area contributed by atoms with Crippen LogP contribution in [-0.2, 0) is 11.2 Å². The van der Waals surface area contributed by atoms with Gasteiger partial charge in [-0.05, 0) is 42.7 Å². The number of hydrogen-bond acceptors (Lipinski definition) is 5. The second-order valence-corrected chi connectivity index (χ2v) is 6.50. The van der Waals surface area contributed by atoms with Gasteiger partial charge in [0.15, 0.2) is 0 Å². The zero-order valence-corrected chi connectivity index (χ0v) is 14.9. The third-order valence-corrected chi connectivity index (χ3v) is 4.69. The van der Waals surface area contributed by atoms with Crippen molar-refractivity contribution in [3.05, 3.63) is 66.3 Å². The molecule has 0 radical (unpaired) electrons. The monoisotopic (exact) mass is 367 g/mol. The predicted octanol–water partition coefficient (Wildman–Crippen LogP) is 1.97. The maximum absolute atomic E-state index is 12.6. The highest BCUT2D eigenvalue weighted by molar-refractivity contribution is 5.88. The normalized spacial score (nSPS) is 19.9. The molecule has 2 amide bonds. The van der Waals surface area contributed by atoms with Crippen LogP contribution < -0.4 is 11.1 Å². The number of anilines is 1. The van der Waals surface area contributed by atoms with E-state index in [4.69, 9.17) is 5.73 Å². The van der Waals surface area contributed by atoms with E-state index in [0.717, 1.165) is 11.1 Å². The highest BCUT2D eigenvalue weighted by Gasteiger charge is 2.50. The van der Waals surface area contributed by atoms with Crippen LogP contribution in [0.4, 0.5) is 10.6 Å². The van der Waals surface area contributed by atoms with Crippen LogP contribution in [0.3, 0.4) is 0 Å². The maximum atomic E-state index is 12.6. The number of likely N-dealkylation sites (tertiary alicyclic amines) is 1. The summed E-state index contributed by atoms with van der Waals surface area (Å²) >= 11 is 0. The summed E-state index contributed by atoms with van der Waals surface area (Å²) < 4.78 is 0. The average Bonchev–Trinajstić information content (AvgIpc) is 2.64. The Kier molecular flexibility index (Phi) is 5.07. The third kappa shape index (κ3) is 3.74. The summed E-state index contributed by atoms with van der Waals surface area (Å²) in [5.41, 5.74) is 7.82. The summed E-state index contributed by atoms with van der Waals surface area (Å²) in [6, 6.07) is 5.30. The van der Waals surface area contributed by atoms with Crippen molar-refractivity contribution in [1.82, 2.24) is 20.2 Å². The number of nitrogens with one attached hydrogen (secondary N) is 1. The van der Waals surface area contributed by atoms with Crippen molar-refractivity contribution >= 4 is 17.8 Å². The fourth-order valence-electron chi connectivity index (χ4n) is 3.25. The Morgan fingerprint density at radius 2 is 2.19 bits per heavy atom. The number of carbonyl (C=O) groups excluding carboxylic acids is 1. The van der Waals surface area contributed by atoms with E-state index in [0.29, 0.717) is 17.9 Å². The number of urea groups is 1. The number of carboxylic acid groups (broad SMARTS) is 1. The summed E-state index contributed by atoms with van der Waals surface area (Å²) in [6.07, 6.45) is 5.29. The summed E-state index contributed by atoms with van der Waals surface area (Å²) in [6.45, 7) is 5.73. The number of nitrogen functional groups attached to an aromatic ring is 1. The summed E-state index contributed by atoms with van der Waals surface area (Å²) in [4.78, 5) is 33.5. The minimum Gasteiger partial charge on any atom is -0.480 e. The van der Waals surface area contributed by atoms with Crippen LogP contribution in [0, 0.1) is 5.92 Å². The van der Waals surface area contributed by atoms with E-state index in [1.807, 2.05) is 13.0 Å². The first-order valence-electron chi connectivity index (χ1n) is 8.50. The fraction of sp³-hybridized carbons (Fsp3) is 0.263. The number of carboxylic acids is 1. The number of hydrogen-bond donors (Lipinski definition) is 3. The van der Waals surface area contributed by atoms with Gasteiger partial charge in [0.05, 0.1) is 6.04 Å². The molecule has 4 N–H and O–H groups in total. The first kappa shape index (κ1) is 18.4. The third-order valence-electron chi connectivity index (χ3n) is 4.69. The first-order valence-corrected chi connectivity index (χ1v) is 8.50. The Balaban J connectivity index is 1.71. The lowest BCUT2D eigenvalue weighted by Gasteiger charge is -2.47.